The van der Waals surface area contributed by atoms with Crippen molar-refractivity contribution >= 4 is 17.7 Å². The third-order valence-corrected chi connectivity index (χ3v) is 5.19. The van der Waals surface area contributed by atoms with Gasteiger partial charge >= 0.3 is 0 Å². The fourth-order valence-electron chi connectivity index (χ4n) is 3.57. The summed E-state index contributed by atoms with van der Waals surface area (Å²) in [6.45, 7) is 2.99. The maximum absolute atomic E-state index is 13.0. The minimum Gasteiger partial charge on any atom is -0.347 e. The molecule has 1 unspecified atom stereocenters. The van der Waals surface area contributed by atoms with Crippen molar-refractivity contribution in [2.24, 2.45) is 0 Å². The van der Waals surface area contributed by atoms with Gasteiger partial charge in [0.2, 0.25) is 17.7 Å². The highest BCUT2D eigenvalue weighted by Gasteiger charge is 2.36. The predicted octanol–water partition coefficient (Wildman–Crippen LogP) is 1.09. The van der Waals surface area contributed by atoms with Gasteiger partial charge in [0, 0.05) is 65.0 Å². The van der Waals surface area contributed by atoms with Gasteiger partial charge in [0.1, 0.15) is 11.9 Å². The molecular weight excluding hydrogens is 370 g/mol. The van der Waals surface area contributed by atoms with Gasteiger partial charge in [-0.2, -0.15) is 0 Å². The van der Waals surface area contributed by atoms with E-state index in [-0.39, 0.29) is 30.7 Å². The maximum Gasteiger partial charge on any atom is 0.246 e. The number of likely N-dealkylation sites (N-methyl/N-ethyl adjacent to an activating group) is 1. The number of aromatic nitrogens is 2. The van der Waals surface area contributed by atoms with E-state index in [1.807, 2.05) is 41.1 Å². The Kier molecular flexibility index (Phi) is 6.31. The Hall–Kier alpha value is -3.16. The van der Waals surface area contributed by atoms with Crippen LogP contribution in [0, 0.1) is 0 Å². The number of nitrogens with zero attached hydrogens (tertiary/aromatic N) is 5. The smallest absolute Gasteiger partial charge is 0.246 e. The predicted molar refractivity (Wildman–Crippen MR) is 109 cm³/mol. The number of hydrogen-bond acceptors (Lipinski definition) is 4. The summed E-state index contributed by atoms with van der Waals surface area (Å²) >= 11 is 0. The molecule has 0 N–H and O–H groups in total. The molecule has 8 nitrogen and oxygen atoms in total. The van der Waals surface area contributed by atoms with E-state index in [1.54, 1.807) is 30.1 Å². The summed E-state index contributed by atoms with van der Waals surface area (Å²) in [7, 11) is 3.32. The maximum atomic E-state index is 13.0. The number of piperazine rings is 1. The number of aryl methyl sites for hydroxylation is 1. The van der Waals surface area contributed by atoms with Gasteiger partial charge in [-0.1, -0.05) is 30.3 Å². The highest BCUT2D eigenvalue weighted by atomic mass is 16.2. The van der Waals surface area contributed by atoms with Crippen molar-refractivity contribution in [1.82, 2.24) is 24.3 Å². The van der Waals surface area contributed by atoms with Gasteiger partial charge < -0.3 is 19.3 Å². The van der Waals surface area contributed by atoms with E-state index >= 15 is 0 Å². The van der Waals surface area contributed by atoms with Crippen molar-refractivity contribution in [3.63, 3.8) is 0 Å². The molecular formula is C21H27N5O3. The normalized spacial score (nSPS) is 16.6. The van der Waals surface area contributed by atoms with E-state index in [0.29, 0.717) is 19.6 Å². The monoisotopic (exact) mass is 397 g/mol. The summed E-state index contributed by atoms with van der Waals surface area (Å²) in [5, 5.41) is 0. The zero-order valence-electron chi connectivity index (χ0n) is 17.1. The zero-order chi connectivity index (χ0) is 21.0. The summed E-state index contributed by atoms with van der Waals surface area (Å²) < 4.78 is 1.95. The number of amides is 3. The highest BCUT2D eigenvalue weighted by Crippen LogP contribution is 2.18. The molecule has 2 aromatic rings. The van der Waals surface area contributed by atoms with Gasteiger partial charge in [-0.05, 0) is 0 Å². The average Bonchev–Trinajstić information content (AvgIpc) is 3.20. The molecule has 1 atom stereocenters. The second-order valence-corrected chi connectivity index (χ2v) is 7.36. The van der Waals surface area contributed by atoms with Gasteiger partial charge in [-0.25, -0.2) is 4.98 Å². The van der Waals surface area contributed by atoms with Crippen LogP contribution in [0.1, 0.15) is 13.3 Å². The van der Waals surface area contributed by atoms with Crippen LogP contribution in [0.5, 0.6) is 0 Å². The van der Waals surface area contributed by atoms with E-state index in [9.17, 15) is 14.4 Å². The first-order valence-corrected chi connectivity index (χ1v) is 9.71. The Morgan fingerprint density at radius 3 is 2.52 bits per heavy atom. The van der Waals surface area contributed by atoms with Crippen LogP contribution < -0.4 is 0 Å². The fraction of sp³-hybridized carbons (Fsp3) is 0.429. The SMILES string of the molecule is CC(=O)N1CCN(C(=O)CCn2ccnc2-c2ccccc2)C(C(=O)N(C)C)C1. The van der Waals surface area contributed by atoms with Crippen molar-refractivity contribution in [3.05, 3.63) is 42.7 Å². The Morgan fingerprint density at radius 1 is 1.14 bits per heavy atom. The highest BCUT2D eigenvalue weighted by molar-refractivity contribution is 5.88. The third-order valence-electron chi connectivity index (χ3n) is 5.19. The Morgan fingerprint density at radius 2 is 1.86 bits per heavy atom. The molecule has 1 aliphatic rings. The molecule has 1 saturated heterocycles. The quantitative estimate of drug-likeness (QED) is 0.757. The molecule has 3 rings (SSSR count). The first-order valence-electron chi connectivity index (χ1n) is 9.71. The molecule has 0 radical (unpaired) electrons. The van der Waals surface area contributed by atoms with Gasteiger partial charge in [0.15, 0.2) is 0 Å². The summed E-state index contributed by atoms with van der Waals surface area (Å²) in [4.78, 5) is 46.5. The van der Waals surface area contributed by atoms with E-state index < -0.39 is 6.04 Å². The van der Waals surface area contributed by atoms with E-state index in [0.717, 1.165) is 11.4 Å². The summed E-state index contributed by atoms with van der Waals surface area (Å²) in [6.07, 6.45) is 3.83. The van der Waals surface area contributed by atoms with Gasteiger partial charge in [-0.15, -0.1) is 0 Å². The van der Waals surface area contributed by atoms with Crippen molar-refractivity contribution in [2.75, 3.05) is 33.7 Å². The molecule has 8 heteroatoms. The molecule has 29 heavy (non-hydrogen) atoms. The van der Waals surface area contributed by atoms with Crippen LogP contribution in [0.2, 0.25) is 0 Å². The fourth-order valence-corrected chi connectivity index (χ4v) is 3.57. The lowest BCUT2D eigenvalue weighted by Gasteiger charge is -2.41. The van der Waals surface area contributed by atoms with Crippen LogP contribution in [0.25, 0.3) is 11.4 Å². The Bertz CT molecular complexity index is 877. The number of carbonyl (C=O) groups excluding carboxylic acids is 3. The second kappa shape index (κ2) is 8.89. The van der Waals surface area contributed by atoms with E-state index in [2.05, 4.69) is 4.98 Å². The molecule has 0 saturated carbocycles. The zero-order valence-corrected chi connectivity index (χ0v) is 17.1. The summed E-state index contributed by atoms with van der Waals surface area (Å²) in [5.41, 5.74) is 0.987. The minimum absolute atomic E-state index is 0.0837. The largest absolute Gasteiger partial charge is 0.347 e. The van der Waals surface area contributed by atoms with Crippen LogP contribution in [-0.4, -0.2) is 81.7 Å². The van der Waals surface area contributed by atoms with E-state index in [4.69, 9.17) is 0 Å². The molecule has 0 aliphatic carbocycles. The summed E-state index contributed by atoms with van der Waals surface area (Å²) in [6, 6.07) is 9.16. The Balaban J connectivity index is 1.70. The molecule has 1 aromatic carbocycles. The lowest BCUT2D eigenvalue weighted by molar-refractivity contribution is -0.151. The molecule has 0 spiro atoms. The van der Waals surface area contributed by atoms with Crippen molar-refractivity contribution in [1.29, 1.82) is 0 Å². The molecule has 1 aromatic heterocycles. The minimum atomic E-state index is -0.647. The van der Waals surface area contributed by atoms with Crippen molar-refractivity contribution in [2.45, 2.75) is 25.9 Å². The number of carbonyl (C=O) groups is 3. The molecule has 1 fully saturated rings. The number of benzene rings is 1. The third kappa shape index (κ3) is 4.64. The van der Waals surface area contributed by atoms with Crippen molar-refractivity contribution in [3.8, 4) is 11.4 Å². The lowest BCUT2D eigenvalue weighted by atomic mass is 10.1. The molecule has 3 amide bonds. The van der Waals surface area contributed by atoms with Crippen LogP contribution in [0.4, 0.5) is 0 Å². The van der Waals surface area contributed by atoms with Crippen LogP contribution in [-0.2, 0) is 20.9 Å². The second-order valence-electron chi connectivity index (χ2n) is 7.36. The Labute approximate surface area is 170 Å². The number of imidazole rings is 1. The van der Waals surface area contributed by atoms with Gasteiger partial charge in [0.25, 0.3) is 0 Å². The molecule has 154 valence electrons. The van der Waals surface area contributed by atoms with Crippen LogP contribution in [0.15, 0.2) is 42.7 Å². The first kappa shape index (κ1) is 20.6. The lowest BCUT2D eigenvalue weighted by Crippen LogP contribution is -2.61. The van der Waals surface area contributed by atoms with Crippen LogP contribution in [0.3, 0.4) is 0 Å². The summed E-state index contributed by atoms with van der Waals surface area (Å²) in [5.74, 6) is 0.457. The first-order chi connectivity index (χ1) is 13.9. The average molecular weight is 397 g/mol. The van der Waals surface area contributed by atoms with Crippen molar-refractivity contribution < 1.29 is 14.4 Å². The molecule has 0 bridgehead atoms. The number of rotatable bonds is 5. The van der Waals surface area contributed by atoms with Crippen LogP contribution >= 0.6 is 0 Å². The topological polar surface area (TPSA) is 78.8 Å². The standard InChI is InChI=1S/C21H27N5O3/c1-16(27)25-13-14-26(18(15-25)21(29)23(2)3)19(28)9-11-24-12-10-22-20(24)17-7-5-4-6-8-17/h4-8,10,12,18H,9,11,13-15H2,1-3H3. The molecule has 2 heterocycles. The van der Waals surface area contributed by atoms with Gasteiger partial charge in [-0.3, -0.25) is 14.4 Å². The number of hydrogen-bond donors (Lipinski definition) is 0. The van der Waals surface area contributed by atoms with E-state index in [1.165, 1.54) is 11.8 Å². The van der Waals surface area contributed by atoms with Gasteiger partial charge in [0.05, 0.1) is 6.54 Å². The molecule has 1 aliphatic heterocycles.